The minimum Gasteiger partial charge on any atom is -0.497 e. The van der Waals surface area contributed by atoms with E-state index in [1.165, 1.54) is 17.3 Å². The molecule has 0 bridgehead atoms. The maximum atomic E-state index is 12.7. The lowest BCUT2D eigenvalue weighted by Gasteiger charge is -2.11. The van der Waals surface area contributed by atoms with Crippen LogP contribution in [-0.4, -0.2) is 33.4 Å². The van der Waals surface area contributed by atoms with Crippen LogP contribution in [0.1, 0.15) is 15.9 Å². The van der Waals surface area contributed by atoms with Crippen molar-refractivity contribution in [1.29, 1.82) is 0 Å². The highest BCUT2D eigenvalue weighted by Crippen LogP contribution is 2.28. The molecule has 1 heterocycles. The first-order valence-corrected chi connectivity index (χ1v) is 10.5. The molecule has 0 amide bonds. The summed E-state index contributed by atoms with van der Waals surface area (Å²) in [5, 5.41) is 9.49. The first-order valence-electron chi connectivity index (χ1n) is 9.53. The van der Waals surface area contributed by atoms with Gasteiger partial charge < -0.3 is 4.74 Å². The van der Waals surface area contributed by atoms with Gasteiger partial charge in [0.05, 0.1) is 12.9 Å². The third kappa shape index (κ3) is 4.28. The zero-order chi connectivity index (χ0) is 20.9. The molecule has 1 aromatic heterocycles. The van der Waals surface area contributed by atoms with Crippen molar-refractivity contribution in [2.24, 2.45) is 0 Å². The minimum atomic E-state index is 0.0300. The highest BCUT2D eigenvalue weighted by atomic mass is 32.2. The molecular formula is C24H21N3O2S. The van der Waals surface area contributed by atoms with Gasteiger partial charge in [0.1, 0.15) is 5.75 Å². The summed E-state index contributed by atoms with van der Waals surface area (Å²) in [5.74, 6) is 1.78. The summed E-state index contributed by atoms with van der Waals surface area (Å²) in [7, 11) is 1.61. The lowest BCUT2D eigenvalue weighted by molar-refractivity contribution is 0.102. The van der Waals surface area contributed by atoms with E-state index < -0.39 is 0 Å². The SMILES string of the molecule is COc1ccc(C(=O)CSc2nnc(-c3ccccc3)n2-c2ccc(C)cc2)cc1. The fourth-order valence-electron chi connectivity index (χ4n) is 3.05. The molecule has 0 aliphatic rings. The van der Waals surface area contributed by atoms with Crippen LogP contribution in [0, 0.1) is 6.92 Å². The summed E-state index contributed by atoms with van der Waals surface area (Å²) < 4.78 is 7.16. The number of nitrogens with zero attached hydrogens (tertiary/aromatic N) is 3. The summed E-state index contributed by atoms with van der Waals surface area (Å²) in [4.78, 5) is 12.7. The summed E-state index contributed by atoms with van der Waals surface area (Å²) in [6.45, 7) is 2.05. The minimum absolute atomic E-state index is 0.0300. The Hall–Kier alpha value is -3.38. The van der Waals surface area contributed by atoms with Crippen molar-refractivity contribution in [2.45, 2.75) is 12.1 Å². The Bertz CT molecular complexity index is 1140. The molecule has 0 radical (unpaired) electrons. The Morgan fingerprint density at radius 2 is 1.63 bits per heavy atom. The van der Waals surface area contributed by atoms with Crippen LogP contribution in [0.5, 0.6) is 5.75 Å². The third-order valence-electron chi connectivity index (χ3n) is 4.70. The molecule has 0 aliphatic carbocycles. The monoisotopic (exact) mass is 415 g/mol. The number of carbonyl (C=O) groups is 1. The van der Waals surface area contributed by atoms with Gasteiger partial charge in [-0.25, -0.2) is 0 Å². The fourth-order valence-corrected chi connectivity index (χ4v) is 3.90. The number of hydrogen-bond acceptors (Lipinski definition) is 5. The molecule has 4 rings (SSSR count). The van der Waals surface area contributed by atoms with Gasteiger partial charge in [-0.2, -0.15) is 0 Å². The zero-order valence-electron chi connectivity index (χ0n) is 16.8. The number of methoxy groups -OCH3 is 1. The van der Waals surface area contributed by atoms with Crippen LogP contribution in [0.25, 0.3) is 17.1 Å². The average Bonchev–Trinajstić information content (AvgIpc) is 3.22. The number of rotatable bonds is 7. The Kier molecular flexibility index (Phi) is 5.95. The molecular weight excluding hydrogens is 394 g/mol. The number of benzene rings is 3. The summed E-state index contributed by atoms with van der Waals surface area (Å²) in [6, 6.07) is 25.3. The molecule has 0 atom stereocenters. The van der Waals surface area contributed by atoms with Crippen LogP contribution in [0.3, 0.4) is 0 Å². The van der Waals surface area contributed by atoms with Gasteiger partial charge in [-0.15, -0.1) is 10.2 Å². The maximum absolute atomic E-state index is 12.7. The molecule has 0 saturated carbocycles. The summed E-state index contributed by atoms with van der Waals surface area (Å²) >= 11 is 1.38. The van der Waals surface area contributed by atoms with Gasteiger partial charge >= 0.3 is 0 Å². The Morgan fingerprint density at radius 1 is 0.933 bits per heavy atom. The number of aryl methyl sites for hydroxylation is 1. The molecule has 0 spiro atoms. The molecule has 30 heavy (non-hydrogen) atoms. The van der Waals surface area contributed by atoms with Gasteiger partial charge in [-0.3, -0.25) is 9.36 Å². The molecule has 0 aliphatic heterocycles. The Morgan fingerprint density at radius 3 is 2.30 bits per heavy atom. The topological polar surface area (TPSA) is 57.0 Å². The van der Waals surface area contributed by atoms with Crippen LogP contribution in [0.4, 0.5) is 0 Å². The third-order valence-corrected chi connectivity index (χ3v) is 5.63. The van der Waals surface area contributed by atoms with Gasteiger partial charge in [0, 0.05) is 16.8 Å². The van der Waals surface area contributed by atoms with Gasteiger partial charge in [0.25, 0.3) is 0 Å². The van der Waals surface area contributed by atoms with Crippen molar-refractivity contribution in [3.05, 3.63) is 90.0 Å². The predicted molar refractivity (Wildman–Crippen MR) is 120 cm³/mol. The standard InChI is InChI=1S/C24H21N3O2S/c1-17-8-12-20(13-9-17)27-23(19-6-4-3-5-7-19)25-26-24(27)30-16-22(28)18-10-14-21(29-2)15-11-18/h3-15H,16H2,1-2H3. The van der Waals surface area contributed by atoms with E-state index in [4.69, 9.17) is 4.74 Å². The number of ketones is 1. The highest BCUT2D eigenvalue weighted by Gasteiger charge is 2.17. The molecule has 3 aromatic carbocycles. The van der Waals surface area contributed by atoms with Gasteiger partial charge in [-0.1, -0.05) is 59.8 Å². The Labute approximate surface area is 179 Å². The number of hydrogen-bond donors (Lipinski definition) is 0. The van der Waals surface area contributed by atoms with E-state index in [9.17, 15) is 4.79 Å². The lowest BCUT2D eigenvalue weighted by atomic mass is 10.1. The second-order valence-corrected chi connectivity index (χ2v) is 7.73. The van der Waals surface area contributed by atoms with E-state index in [1.54, 1.807) is 31.4 Å². The predicted octanol–water partition coefficient (Wildman–Crippen LogP) is 5.23. The molecule has 0 N–H and O–H groups in total. The van der Waals surface area contributed by atoms with Crippen molar-refractivity contribution in [2.75, 3.05) is 12.9 Å². The molecule has 0 unspecified atom stereocenters. The molecule has 6 heteroatoms. The van der Waals surface area contributed by atoms with Gasteiger partial charge in [0.2, 0.25) is 0 Å². The lowest BCUT2D eigenvalue weighted by Crippen LogP contribution is -2.05. The van der Waals surface area contributed by atoms with Gasteiger partial charge in [-0.05, 0) is 43.3 Å². The van der Waals surface area contributed by atoms with E-state index >= 15 is 0 Å². The van der Waals surface area contributed by atoms with E-state index in [-0.39, 0.29) is 11.5 Å². The highest BCUT2D eigenvalue weighted by molar-refractivity contribution is 7.99. The molecule has 0 saturated heterocycles. The largest absolute Gasteiger partial charge is 0.497 e. The summed E-state index contributed by atoms with van der Waals surface area (Å²) in [6.07, 6.45) is 0. The van der Waals surface area contributed by atoms with Crippen molar-refractivity contribution in [3.63, 3.8) is 0 Å². The molecule has 150 valence electrons. The second-order valence-electron chi connectivity index (χ2n) is 6.78. The number of aromatic nitrogens is 3. The second kappa shape index (κ2) is 8.97. The van der Waals surface area contributed by atoms with Crippen LogP contribution in [0.15, 0.2) is 84.0 Å². The van der Waals surface area contributed by atoms with Crippen LogP contribution in [-0.2, 0) is 0 Å². The smallest absolute Gasteiger partial charge is 0.196 e. The zero-order valence-corrected chi connectivity index (χ0v) is 17.6. The summed E-state index contributed by atoms with van der Waals surface area (Å²) in [5.41, 5.74) is 3.76. The number of carbonyl (C=O) groups excluding carboxylic acids is 1. The normalized spacial score (nSPS) is 10.7. The number of Topliss-reactive ketones (excluding diaryl/α,β-unsaturated/α-hetero) is 1. The first-order chi connectivity index (χ1) is 14.7. The maximum Gasteiger partial charge on any atom is 0.196 e. The van der Waals surface area contributed by atoms with E-state index in [0.29, 0.717) is 10.7 Å². The molecule has 4 aromatic rings. The fraction of sp³-hybridized carbons (Fsp3) is 0.125. The van der Waals surface area contributed by atoms with E-state index in [0.717, 1.165) is 22.8 Å². The average molecular weight is 416 g/mol. The molecule has 5 nitrogen and oxygen atoms in total. The number of thioether (sulfide) groups is 1. The van der Waals surface area contributed by atoms with Crippen molar-refractivity contribution in [1.82, 2.24) is 14.8 Å². The van der Waals surface area contributed by atoms with Gasteiger partial charge in [0.15, 0.2) is 16.8 Å². The first kappa shape index (κ1) is 19.9. The van der Waals surface area contributed by atoms with Crippen molar-refractivity contribution < 1.29 is 9.53 Å². The van der Waals surface area contributed by atoms with Crippen LogP contribution >= 0.6 is 11.8 Å². The van der Waals surface area contributed by atoms with Crippen LogP contribution in [0.2, 0.25) is 0 Å². The Balaban J connectivity index is 1.63. The quantitative estimate of drug-likeness (QED) is 0.306. The molecule has 0 fully saturated rings. The van der Waals surface area contributed by atoms with Crippen LogP contribution < -0.4 is 4.74 Å². The van der Waals surface area contributed by atoms with Crippen molar-refractivity contribution >= 4 is 17.5 Å². The van der Waals surface area contributed by atoms with Crippen molar-refractivity contribution in [3.8, 4) is 22.8 Å². The van der Waals surface area contributed by atoms with E-state index in [2.05, 4.69) is 29.3 Å². The number of ether oxygens (including phenoxy) is 1. The van der Waals surface area contributed by atoms with E-state index in [1.807, 2.05) is 47.0 Å².